The molecule has 1 atom stereocenters. The molecule has 114 valence electrons. The minimum absolute atomic E-state index is 0.0480. The van der Waals surface area contributed by atoms with Crippen LogP contribution < -0.4 is 5.32 Å². The lowest BCUT2D eigenvalue weighted by Gasteiger charge is -2.33. The zero-order valence-electron chi connectivity index (χ0n) is 13.0. The molecule has 0 unspecified atom stereocenters. The molecule has 3 heteroatoms. The zero-order chi connectivity index (χ0) is 14.7. The van der Waals surface area contributed by atoms with E-state index in [1.807, 2.05) is 11.9 Å². The van der Waals surface area contributed by atoms with E-state index in [1.54, 1.807) is 0 Å². The fourth-order valence-electron chi connectivity index (χ4n) is 3.70. The molecule has 1 aromatic carbocycles. The van der Waals surface area contributed by atoms with Gasteiger partial charge in [-0.15, -0.1) is 0 Å². The first-order valence-electron chi connectivity index (χ1n) is 8.32. The molecule has 3 nitrogen and oxygen atoms in total. The van der Waals surface area contributed by atoms with Gasteiger partial charge in [0.1, 0.15) is 0 Å². The molecule has 1 aliphatic heterocycles. The quantitative estimate of drug-likeness (QED) is 0.848. The Morgan fingerprint density at radius 3 is 2.48 bits per heavy atom. The summed E-state index contributed by atoms with van der Waals surface area (Å²) < 4.78 is 0. The van der Waals surface area contributed by atoms with Crippen molar-refractivity contribution in [2.45, 2.75) is 63.6 Å². The highest BCUT2D eigenvalue weighted by molar-refractivity contribution is 5.82. The van der Waals surface area contributed by atoms with Gasteiger partial charge in [-0.25, -0.2) is 0 Å². The average molecular weight is 286 g/mol. The molecule has 1 fully saturated rings. The van der Waals surface area contributed by atoms with Crippen molar-refractivity contribution in [2.24, 2.45) is 0 Å². The number of carbonyl (C=O) groups is 1. The van der Waals surface area contributed by atoms with Crippen LogP contribution in [0.3, 0.4) is 0 Å². The van der Waals surface area contributed by atoms with E-state index in [2.05, 4.69) is 29.6 Å². The van der Waals surface area contributed by atoms with Gasteiger partial charge in [0.15, 0.2) is 0 Å². The topological polar surface area (TPSA) is 32.3 Å². The molecule has 1 saturated carbocycles. The van der Waals surface area contributed by atoms with Gasteiger partial charge in [-0.2, -0.15) is 0 Å². The highest BCUT2D eigenvalue weighted by Crippen LogP contribution is 2.23. The lowest BCUT2D eigenvalue weighted by Crippen LogP contribution is -2.51. The monoisotopic (exact) mass is 286 g/mol. The summed E-state index contributed by atoms with van der Waals surface area (Å²) in [6.07, 6.45) is 8.36. The summed E-state index contributed by atoms with van der Waals surface area (Å²) in [7, 11) is 2.00. The molecular weight excluding hydrogens is 260 g/mol. The second-order valence-electron chi connectivity index (χ2n) is 6.50. The first-order chi connectivity index (χ1) is 10.3. The van der Waals surface area contributed by atoms with E-state index in [1.165, 1.54) is 49.7 Å². The molecule has 3 rings (SSSR count). The van der Waals surface area contributed by atoms with Gasteiger partial charge in [-0.05, 0) is 30.4 Å². The Bertz CT molecular complexity index is 492. The fraction of sp³-hybridized carbons (Fsp3) is 0.611. The third kappa shape index (κ3) is 3.29. The molecule has 1 N–H and O–H groups in total. The van der Waals surface area contributed by atoms with Crippen LogP contribution in [0.1, 0.15) is 49.7 Å². The van der Waals surface area contributed by atoms with Crippen LogP contribution in [-0.2, 0) is 17.8 Å². The van der Waals surface area contributed by atoms with E-state index in [0.29, 0.717) is 6.04 Å². The van der Waals surface area contributed by atoms with Crippen LogP contribution in [0.4, 0.5) is 0 Å². The smallest absolute Gasteiger partial charge is 0.240 e. The normalized spacial score (nSPS) is 23.2. The van der Waals surface area contributed by atoms with Crippen molar-refractivity contribution in [3.8, 4) is 0 Å². The standard InChI is InChI=1S/C18H26N2O/c1-20(16-10-4-2-3-5-11-16)18(21)17-12-14-8-6-7-9-15(14)13-19-17/h6-9,16-17,19H,2-5,10-13H2,1H3/t17-/m0/s1. The molecule has 2 aliphatic rings. The van der Waals surface area contributed by atoms with Gasteiger partial charge in [-0.1, -0.05) is 49.9 Å². The number of nitrogens with one attached hydrogen (secondary N) is 1. The van der Waals surface area contributed by atoms with Crippen LogP contribution in [-0.4, -0.2) is 29.9 Å². The molecule has 1 aliphatic carbocycles. The summed E-state index contributed by atoms with van der Waals surface area (Å²) in [6.45, 7) is 0.811. The number of hydrogen-bond donors (Lipinski definition) is 1. The van der Waals surface area contributed by atoms with Gasteiger partial charge in [0.2, 0.25) is 5.91 Å². The van der Waals surface area contributed by atoms with Gasteiger partial charge >= 0.3 is 0 Å². The number of amides is 1. The zero-order valence-corrected chi connectivity index (χ0v) is 13.0. The highest BCUT2D eigenvalue weighted by Gasteiger charge is 2.29. The van der Waals surface area contributed by atoms with E-state index in [-0.39, 0.29) is 11.9 Å². The number of rotatable bonds is 2. The molecule has 0 spiro atoms. The molecule has 1 heterocycles. The Kier molecular flexibility index (Phi) is 4.59. The number of fused-ring (bicyclic) bond motifs is 1. The lowest BCUT2D eigenvalue weighted by molar-refractivity contribution is -0.134. The minimum atomic E-state index is -0.0480. The van der Waals surface area contributed by atoms with Crippen LogP contribution in [0.5, 0.6) is 0 Å². The van der Waals surface area contributed by atoms with Crippen molar-refractivity contribution in [3.05, 3.63) is 35.4 Å². The number of hydrogen-bond acceptors (Lipinski definition) is 2. The molecule has 0 saturated heterocycles. The lowest BCUT2D eigenvalue weighted by atomic mass is 9.94. The predicted octanol–water partition coefficient (Wildman–Crippen LogP) is 2.88. The molecule has 21 heavy (non-hydrogen) atoms. The first kappa shape index (κ1) is 14.6. The fourth-order valence-corrected chi connectivity index (χ4v) is 3.70. The van der Waals surface area contributed by atoms with E-state index in [4.69, 9.17) is 0 Å². The number of carbonyl (C=O) groups excluding carboxylic acids is 1. The number of benzene rings is 1. The minimum Gasteiger partial charge on any atom is -0.341 e. The van der Waals surface area contributed by atoms with Crippen molar-refractivity contribution < 1.29 is 4.79 Å². The average Bonchev–Trinajstić information content (AvgIpc) is 2.82. The summed E-state index contributed by atoms with van der Waals surface area (Å²) in [4.78, 5) is 14.8. The van der Waals surface area contributed by atoms with E-state index in [9.17, 15) is 4.79 Å². The highest BCUT2D eigenvalue weighted by atomic mass is 16.2. The van der Waals surface area contributed by atoms with Crippen LogP contribution in [0.2, 0.25) is 0 Å². The van der Waals surface area contributed by atoms with E-state index < -0.39 is 0 Å². The molecule has 0 bridgehead atoms. The second kappa shape index (κ2) is 6.61. The molecular formula is C18H26N2O. The largest absolute Gasteiger partial charge is 0.341 e. The second-order valence-corrected chi connectivity index (χ2v) is 6.50. The third-order valence-corrected chi connectivity index (χ3v) is 5.10. The van der Waals surface area contributed by atoms with Crippen molar-refractivity contribution >= 4 is 5.91 Å². The van der Waals surface area contributed by atoms with Crippen molar-refractivity contribution in [2.75, 3.05) is 7.05 Å². The Morgan fingerprint density at radius 1 is 1.10 bits per heavy atom. The Hall–Kier alpha value is -1.35. The molecule has 0 aromatic heterocycles. The molecule has 1 amide bonds. The maximum Gasteiger partial charge on any atom is 0.240 e. The van der Waals surface area contributed by atoms with Crippen LogP contribution in [0, 0.1) is 0 Å². The third-order valence-electron chi connectivity index (χ3n) is 5.10. The maximum atomic E-state index is 12.8. The van der Waals surface area contributed by atoms with E-state index >= 15 is 0 Å². The van der Waals surface area contributed by atoms with Crippen molar-refractivity contribution in [1.29, 1.82) is 0 Å². The van der Waals surface area contributed by atoms with Crippen molar-refractivity contribution in [1.82, 2.24) is 10.2 Å². The molecule has 1 aromatic rings. The Balaban J connectivity index is 1.65. The van der Waals surface area contributed by atoms with Crippen molar-refractivity contribution in [3.63, 3.8) is 0 Å². The Labute approximate surface area is 127 Å². The van der Waals surface area contributed by atoms with Gasteiger partial charge < -0.3 is 10.2 Å². The summed E-state index contributed by atoms with van der Waals surface area (Å²) in [6, 6.07) is 8.84. The van der Waals surface area contributed by atoms with Crippen LogP contribution in [0.15, 0.2) is 24.3 Å². The van der Waals surface area contributed by atoms with Gasteiger partial charge in [0.05, 0.1) is 6.04 Å². The molecule has 0 radical (unpaired) electrons. The van der Waals surface area contributed by atoms with Crippen LogP contribution >= 0.6 is 0 Å². The first-order valence-corrected chi connectivity index (χ1v) is 8.32. The predicted molar refractivity (Wildman–Crippen MR) is 85.0 cm³/mol. The number of nitrogens with zero attached hydrogens (tertiary/aromatic N) is 1. The summed E-state index contributed by atoms with van der Waals surface area (Å²) in [5.74, 6) is 0.274. The summed E-state index contributed by atoms with van der Waals surface area (Å²) in [5.41, 5.74) is 2.66. The Morgan fingerprint density at radius 2 is 1.76 bits per heavy atom. The van der Waals surface area contributed by atoms with Gasteiger partial charge in [-0.3, -0.25) is 4.79 Å². The van der Waals surface area contributed by atoms with Gasteiger partial charge in [0, 0.05) is 19.6 Å². The maximum absolute atomic E-state index is 12.8. The van der Waals surface area contributed by atoms with E-state index in [0.717, 1.165) is 13.0 Å². The van der Waals surface area contributed by atoms with Gasteiger partial charge in [0.25, 0.3) is 0 Å². The van der Waals surface area contributed by atoms with Crippen LogP contribution in [0.25, 0.3) is 0 Å². The summed E-state index contributed by atoms with van der Waals surface area (Å²) in [5, 5.41) is 3.42. The number of likely N-dealkylation sites (N-methyl/N-ethyl adjacent to an activating group) is 1. The SMILES string of the molecule is CN(C(=O)[C@@H]1Cc2ccccc2CN1)C1CCCCCC1. The summed E-state index contributed by atoms with van der Waals surface area (Å²) >= 11 is 0.